The van der Waals surface area contributed by atoms with E-state index < -0.39 is 0 Å². The smallest absolute Gasteiger partial charge is 0.0793 e. The molecular formula is C13H19BrO. The van der Waals surface area contributed by atoms with Gasteiger partial charge in [-0.3, -0.25) is 0 Å². The van der Waals surface area contributed by atoms with Crippen LogP contribution in [0.2, 0.25) is 0 Å². The zero-order chi connectivity index (χ0) is 11.3. The third kappa shape index (κ3) is 3.96. The standard InChI is InChI=1S/C13H19BrO/c1-3-10(4-2)8-13(15)11-6-5-7-12(14)9-11/h5-7,9-10,13,15H,3-4,8H2,1-2H3. The van der Waals surface area contributed by atoms with Gasteiger partial charge >= 0.3 is 0 Å². The molecule has 1 atom stereocenters. The SMILES string of the molecule is CCC(CC)CC(O)c1cccc(Br)c1. The van der Waals surface area contributed by atoms with E-state index in [1.165, 1.54) is 0 Å². The van der Waals surface area contributed by atoms with E-state index in [0.717, 1.165) is 29.3 Å². The lowest BCUT2D eigenvalue weighted by atomic mass is 9.93. The molecule has 0 radical (unpaired) electrons. The molecule has 1 aromatic carbocycles. The molecule has 1 N–H and O–H groups in total. The Morgan fingerprint density at radius 3 is 2.47 bits per heavy atom. The van der Waals surface area contributed by atoms with E-state index in [-0.39, 0.29) is 6.10 Å². The molecule has 0 saturated carbocycles. The predicted octanol–water partition coefficient (Wildman–Crippen LogP) is 4.31. The van der Waals surface area contributed by atoms with Gasteiger partial charge in [-0.25, -0.2) is 0 Å². The summed E-state index contributed by atoms with van der Waals surface area (Å²) in [5, 5.41) is 10.1. The quantitative estimate of drug-likeness (QED) is 0.846. The highest BCUT2D eigenvalue weighted by Gasteiger charge is 2.13. The third-order valence-corrected chi connectivity index (χ3v) is 3.44. The van der Waals surface area contributed by atoms with E-state index >= 15 is 0 Å². The van der Waals surface area contributed by atoms with E-state index in [1.54, 1.807) is 0 Å². The van der Waals surface area contributed by atoms with Crippen LogP contribution < -0.4 is 0 Å². The Hall–Kier alpha value is -0.340. The van der Waals surface area contributed by atoms with E-state index in [1.807, 2.05) is 24.3 Å². The fourth-order valence-corrected chi connectivity index (χ4v) is 2.20. The summed E-state index contributed by atoms with van der Waals surface area (Å²) in [7, 11) is 0. The second-order valence-corrected chi connectivity index (χ2v) is 4.90. The van der Waals surface area contributed by atoms with Crippen molar-refractivity contribution in [2.24, 2.45) is 5.92 Å². The molecule has 0 saturated heterocycles. The van der Waals surface area contributed by atoms with Gasteiger partial charge in [0.1, 0.15) is 0 Å². The average Bonchev–Trinajstić information content (AvgIpc) is 2.25. The van der Waals surface area contributed by atoms with Crippen LogP contribution in [0.25, 0.3) is 0 Å². The van der Waals surface area contributed by atoms with Crippen molar-refractivity contribution in [1.82, 2.24) is 0 Å². The van der Waals surface area contributed by atoms with Crippen molar-refractivity contribution in [2.45, 2.75) is 39.2 Å². The normalized spacial score (nSPS) is 13.1. The van der Waals surface area contributed by atoms with Gasteiger partial charge < -0.3 is 5.11 Å². The molecule has 0 spiro atoms. The van der Waals surface area contributed by atoms with Crippen LogP contribution in [0.4, 0.5) is 0 Å². The minimum atomic E-state index is -0.326. The van der Waals surface area contributed by atoms with Gasteiger partial charge in [0.05, 0.1) is 6.10 Å². The molecule has 1 rings (SSSR count). The summed E-state index contributed by atoms with van der Waals surface area (Å²) in [5.74, 6) is 0.624. The molecule has 0 aliphatic rings. The minimum absolute atomic E-state index is 0.326. The predicted molar refractivity (Wildman–Crippen MR) is 67.8 cm³/mol. The maximum atomic E-state index is 10.1. The van der Waals surface area contributed by atoms with Crippen LogP contribution in [0.15, 0.2) is 28.7 Å². The fourth-order valence-electron chi connectivity index (χ4n) is 1.79. The topological polar surface area (TPSA) is 20.2 Å². The number of hydrogen-bond donors (Lipinski definition) is 1. The molecule has 0 aromatic heterocycles. The molecule has 0 aliphatic heterocycles. The molecule has 1 unspecified atom stereocenters. The van der Waals surface area contributed by atoms with Crippen molar-refractivity contribution in [3.63, 3.8) is 0 Å². The van der Waals surface area contributed by atoms with Crippen LogP contribution in [0.1, 0.15) is 44.8 Å². The molecule has 0 aliphatic carbocycles. The lowest BCUT2D eigenvalue weighted by Crippen LogP contribution is -2.05. The highest BCUT2D eigenvalue weighted by Crippen LogP contribution is 2.26. The fraction of sp³-hybridized carbons (Fsp3) is 0.538. The van der Waals surface area contributed by atoms with Gasteiger partial charge in [0.2, 0.25) is 0 Å². The summed E-state index contributed by atoms with van der Waals surface area (Å²) in [5.41, 5.74) is 1.01. The molecule has 0 heterocycles. The first kappa shape index (κ1) is 12.7. The number of aliphatic hydroxyl groups excluding tert-OH is 1. The Labute approximate surface area is 101 Å². The van der Waals surface area contributed by atoms with Gasteiger partial charge in [0.15, 0.2) is 0 Å². The summed E-state index contributed by atoms with van der Waals surface area (Å²) in [6, 6.07) is 7.92. The number of hydrogen-bond acceptors (Lipinski definition) is 1. The molecule has 1 aromatic rings. The molecule has 0 bridgehead atoms. The van der Waals surface area contributed by atoms with E-state index in [0.29, 0.717) is 5.92 Å². The van der Waals surface area contributed by atoms with Crippen LogP contribution in [0.3, 0.4) is 0 Å². The summed E-state index contributed by atoms with van der Waals surface area (Å²) in [4.78, 5) is 0. The highest BCUT2D eigenvalue weighted by molar-refractivity contribution is 9.10. The van der Waals surface area contributed by atoms with Crippen LogP contribution in [-0.4, -0.2) is 5.11 Å². The largest absolute Gasteiger partial charge is 0.388 e. The molecule has 1 nitrogen and oxygen atoms in total. The van der Waals surface area contributed by atoms with Crippen molar-refractivity contribution in [3.8, 4) is 0 Å². The summed E-state index contributed by atoms with van der Waals surface area (Å²) >= 11 is 3.42. The van der Waals surface area contributed by atoms with E-state index in [9.17, 15) is 5.11 Å². The molecule has 2 heteroatoms. The molecule has 15 heavy (non-hydrogen) atoms. The third-order valence-electron chi connectivity index (χ3n) is 2.94. The number of benzene rings is 1. The van der Waals surface area contributed by atoms with Crippen molar-refractivity contribution >= 4 is 15.9 Å². The second-order valence-electron chi connectivity index (χ2n) is 3.99. The first-order valence-corrected chi connectivity index (χ1v) is 6.40. The van der Waals surface area contributed by atoms with Crippen LogP contribution in [-0.2, 0) is 0 Å². The zero-order valence-corrected chi connectivity index (χ0v) is 11.0. The van der Waals surface area contributed by atoms with Gasteiger partial charge in [-0.1, -0.05) is 54.8 Å². The maximum absolute atomic E-state index is 10.1. The lowest BCUT2D eigenvalue weighted by molar-refractivity contribution is 0.141. The Balaban J connectivity index is 2.64. The molecule has 0 fully saturated rings. The first-order valence-electron chi connectivity index (χ1n) is 5.60. The lowest BCUT2D eigenvalue weighted by Gasteiger charge is -2.17. The van der Waals surface area contributed by atoms with Crippen LogP contribution >= 0.6 is 15.9 Å². The van der Waals surface area contributed by atoms with Gasteiger partial charge in [-0.15, -0.1) is 0 Å². The monoisotopic (exact) mass is 270 g/mol. The van der Waals surface area contributed by atoms with Gasteiger partial charge in [0, 0.05) is 4.47 Å². The number of halogens is 1. The van der Waals surface area contributed by atoms with Crippen molar-refractivity contribution in [1.29, 1.82) is 0 Å². The Morgan fingerprint density at radius 2 is 1.93 bits per heavy atom. The summed E-state index contributed by atoms with van der Waals surface area (Å²) in [6.07, 6.45) is 2.82. The average molecular weight is 271 g/mol. The van der Waals surface area contributed by atoms with Crippen LogP contribution in [0.5, 0.6) is 0 Å². The van der Waals surface area contributed by atoms with Gasteiger partial charge in [-0.05, 0) is 30.0 Å². The molecule has 84 valence electrons. The zero-order valence-electron chi connectivity index (χ0n) is 9.41. The van der Waals surface area contributed by atoms with Gasteiger partial charge in [-0.2, -0.15) is 0 Å². The van der Waals surface area contributed by atoms with Crippen molar-refractivity contribution in [3.05, 3.63) is 34.3 Å². The summed E-state index contributed by atoms with van der Waals surface area (Å²) in [6.45, 7) is 4.36. The second kappa shape index (κ2) is 6.29. The Bertz CT molecular complexity index is 294. The number of rotatable bonds is 5. The number of aliphatic hydroxyl groups is 1. The Kier molecular flexibility index (Phi) is 5.34. The van der Waals surface area contributed by atoms with Gasteiger partial charge in [0.25, 0.3) is 0 Å². The Morgan fingerprint density at radius 1 is 1.27 bits per heavy atom. The van der Waals surface area contributed by atoms with Crippen molar-refractivity contribution in [2.75, 3.05) is 0 Å². The maximum Gasteiger partial charge on any atom is 0.0793 e. The molecular weight excluding hydrogens is 252 g/mol. The van der Waals surface area contributed by atoms with E-state index in [2.05, 4.69) is 29.8 Å². The van der Waals surface area contributed by atoms with Crippen molar-refractivity contribution < 1.29 is 5.11 Å². The molecule has 0 amide bonds. The minimum Gasteiger partial charge on any atom is -0.388 e. The van der Waals surface area contributed by atoms with Crippen LogP contribution in [0, 0.1) is 5.92 Å². The highest BCUT2D eigenvalue weighted by atomic mass is 79.9. The summed E-state index contributed by atoms with van der Waals surface area (Å²) < 4.78 is 1.03. The van der Waals surface area contributed by atoms with E-state index in [4.69, 9.17) is 0 Å². The first-order chi connectivity index (χ1) is 7.17.